The third-order valence-electron chi connectivity index (χ3n) is 2.24. The van der Waals surface area contributed by atoms with E-state index in [0.717, 1.165) is 5.56 Å². The molecule has 2 rings (SSSR count). The molecule has 0 unspecified atom stereocenters. The number of aromatic nitrogens is 1. The number of hydrogen-bond donors (Lipinski definition) is 1. The number of hydrogen-bond acceptors (Lipinski definition) is 3. The van der Waals surface area contributed by atoms with Gasteiger partial charge in [0, 0.05) is 24.9 Å². The Balaban J connectivity index is 2.25. The summed E-state index contributed by atoms with van der Waals surface area (Å²) in [5.74, 6) is 0.274. The Kier molecular flexibility index (Phi) is 4.16. The Morgan fingerprint density at radius 2 is 2.17 bits per heavy atom. The van der Waals surface area contributed by atoms with Gasteiger partial charge >= 0.3 is 0 Å². The Morgan fingerprint density at radius 3 is 2.83 bits per heavy atom. The second-order valence-electron chi connectivity index (χ2n) is 3.50. The summed E-state index contributed by atoms with van der Waals surface area (Å²) < 4.78 is 19.1. The van der Waals surface area contributed by atoms with E-state index in [1.165, 1.54) is 12.3 Å². The molecule has 0 amide bonds. The van der Waals surface area contributed by atoms with Crippen molar-refractivity contribution in [3.63, 3.8) is 0 Å². The highest BCUT2D eigenvalue weighted by Crippen LogP contribution is 2.26. The molecule has 2 N–H and O–H groups in total. The van der Waals surface area contributed by atoms with Crippen molar-refractivity contribution >= 4 is 27.5 Å². The molecule has 1 aromatic carbocycles. The van der Waals surface area contributed by atoms with E-state index in [9.17, 15) is 4.39 Å². The third kappa shape index (κ3) is 2.98. The summed E-state index contributed by atoms with van der Waals surface area (Å²) >= 11 is 8.95. The average molecular weight is 332 g/mol. The van der Waals surface area contributed by atoms with Crippen LogP contribution in [0.1, 0.15) is 5.56 Å². The molecular weight excluding hydrogens is 322 g/mol. The molecule has 0 atom stereocenters. The summed E-state index contributed by atoms with van der Waals surface area (Å²) in [7, 11) is 0. The van der Waals surface area contributed by atoms with Crippen LogP contribution in [0.4, 0.5) is 4.39 Å². The first kappa shape index (κ1) is 13.3. The molecule has 0 radical (unpaired) electrons. The predicted octanol–water partition coefficient (Wildman–Crippen LogP) is 3.89. The van der Waals surface area contributed by atoms with Crippen LogP contribution in [0.15, 0.2) is 34.9 Å². The Bertz CT molecular complexity index is 580. The topological polar surface area (TPSA) is 48.1 Å². The van der Waals surface area contributed by atoms with Gasteiger partial charge in [0.2, 0.25) is 5.88 Å². The van der Waals surface area contributed by atoms with E-state index in [1.54, 1.807) is 18.2 Å². The van der Waals surface area contributed by atoms with Crippen LogP contribution in [0.2, 0.25) is 5.02 Å². The van der Waals surface area contributed by atoms with Gasteiger partial charge in [-0.2, -0.15) is 0 Å². The van der Waals surface area contributed by atoms with Crippen molar-refractivity contribution < 1.29 is 9.13 Å². The minimum atomic E-state index is -0.402. The van der Waals surface area contributed by atoms with Crippen molar-refractivity contribution in [1.82, 2.24) is 4.98 Å². The quantitative estimate of drug-likeness (QED) is 0.928. The number of pyridine rings is 1. The molecule has 18 heavy (non-hydrogen) atoms. The molecule has 3 nitrogen and oxygen atoms in total. The van der Waals surface area contributed by atoms with Crippen molar-refractivity contribution in [1.29, 1.82) is 0 Å². The summed E-state index contributed by atoms with van der Waals surface area (Å²) in [6.45, 7) is 0.284. The lowest BCUT2D eigenvalue weighted by molar-refractivity contribution is 0.457. The van der Waals surface area contributed by atoms with Gasteiger partial charge in [-0.25, -0.2) is 9.37 Å². The van der Waals surface area contributed by atoms with E-state index in [0.29, 0.717) is 21.1 Å². The van der Waals surface area contributed by atoms with E-state index in [4.69, 9.17) is 22.1 Å². The third-order valence-corrected chi connectivity index (χ3v) is 3.23. The summed E-state index contributed by atoms with van der Waals surface area (Å²) in [5, 5.41) is 0.479. The maximum atomic E-state index is 13.3. The van der Waals surface area contributed by atoms with Gasteiger partial charge in [-0.3, -0.25) is 0 Å². The number of nitrogens with two attached hydrogens (primary N) is 1. The van der Waals surface area contributed by atoms with Crippen LogP contribution in [0, 0.1) is 5.82 Å². The lowest BCUT2D eigenvalue weighted by Crippen LogP contribution is -1.99. The van der Waals surface area contributed by atoms with Crippen molar-refractivity contribution in [3.05, 3.63) is 51.3 Å². The zero-order valence-corrected chi connectivity index (χ0v) is 11.5. The van der Waals surface area contributed by atoms with Gasteiger partial charge in [-0.15, -0.1) is 0 Å². The van der Waals surface area contributed by atoms with Crippen LogP contribution < -0.4 is 10.5 Å². The lowest BCUT2D eigenvalue weighted by Gasteiger charge is -2.07. The molecule has 0 aliphatic heterocycles. The van der Waals surface area contributed by atoms with Crippen molar-refractivity contribution in [2.75, 3.05) is 0 Å². The van der Waals surface area contributed by atoms with Crippen LogP contribution >= 0.6 is 27.5 Å². The second kappa shape index (κ2) is 5.65. The SMILES string of the molecule is NCc1cc(Oc2ccc(Br)c(F)c2)ncc1Cl. The summed E-state index contributed by atoms with van der Waals surface area (Å²) in [6.07, 6.45) is 1.45. The van der Waals surface area contributed by atoms with E-state index < -0.39 is 5.82 Å². The highest BCUT2D eigenvalue weighted by atomic mass is 79.9. The highest BCUT2D eigenvalue weighted by Gasteiger charge is 2.06. The fourth-order valence-electron chi connectivity index (χ4n) is 1.33. The molecule has 0 bridgehead atoms. The Morgan fingerprint density at radius 1 is 1.39 bits per heavy atom. The molecule has 1 aromatic heterocycles. The molecule has 94 valence electrons. The minimum absolute atomic E-state index is 0.284. The summed E-state index contributed by atoms with van der Waals surface area (Å²) in [5.41, 5.74) is 6.24. The van der Waals surface area contributed by atoms with Crippen LogP contribution in [0.5, 0.6) is 11.6 Å². The Hall–Kier alpha value is -1.17. The molecule has 0 aliphatic rings. The summed E-state index contributed by atoms with van der Waals surface area (Å²) in [4.78, 5) is 3.99. The van der Waals surface area contributed by atoms with Gasteiger partial charge in [0.15, 0.2) is 0 Å². The molecule has 0 aliphatic carbocycles. The number of nitrogens with zero attached hydrogens (tertiary/aromatic N) is 1. The van der Waals surface area contributed by atoms with Crippen LogP contribution in [0.3, 0.4) is 0 Å². The first-order valence-corrected chi connectivity index (χ1v) is 6.24. The molecule has 0 saturated carbocycles. The number of benzene rings is 1. The van der Waals surface area contributed by atoms with Gasteiger partial charge in [-0.05, 0) is 33.6 Å². The second-order valence-corrected chi connectivity index (χ2v) is 4.76. The maximum Gasteiger partial charge on any atom is 0.219 e. The monoisotopic (exact) mass is 330 g/mol. The van der Waals surface area contributed by atoms with Crippen molar-refractivity contribution in [3.8, 4) is 11.6 Å². The van der Waals surface area contributed by atoms with Gasteiger partial charge in [-0.1, -0.05) is 11.6 Å². The fraction of sp³-hybridized carbons (Fsp3) is 0.0833. The van der Waals surface area contributed by atoms with Gasteiger partial charge in [0.25, 0.3) is 0 Å². The van der Waals surface area contributed by atoms with E-state index >= 15 is 0 Å². The zero-order valence-electron chi connectivity index (χ0n) is 9.16. The van der Waals surface area contributed by atoms with Crippen molar-refractivity contribution in [2.24, 2.45) is 5.73 Å². The van der Waals surface area contributed by atoms with Crippen molar-refractivity contribution in [2.45, 2.75) is 6.54 Å². The van der Waals surface area contributed by atoms with E-state index in [2.05, 4.69) is 20.9 Å². The van der Waals surface area contributed by atoms with Crippen LogP contribution in [0.25, 0.3) is 0 Å². The highest BCUT2D eigenvalue weighted by molar-refractivity contribution is 9.10. The maximum absolute atomic E-state index is 13.3. The largest absolute Gasteiger partial charge is 0.439 e. The number of ether oxygens (including phenoxy) is 1. The first-order chi connectivity index (χ1) is 8.60. The minimum Gasteiger partial charge on any atom is -0.439 e. The molecule has 6 heteroatoms. The van der Waals surface area contributed by atoms with Gasteiger partial charge in [0.05, 0.1) is 9.50 Å². The van der Waals surface area contributed by atoms with Gasteiger partial charge in [0.1, 0.15) is 11.6 Å². The number of halogens is 3. The fourth-order valence-corrected chi connectivity index (χ4v) is 1.76. The lowest BCUT2D eigenvalue weighted by atomic mass is 10.2. The zero-order chi connectivity index (χ0) is 13.1. The molecule has 0 saturated heterocycles. The van der Waals surface area contributed by atoms with Crippen LogP contribution in [-0.2, 0) is 6.54 Å². The number of rotatable bonds is 3. The molecule has 0 fully saturated rings. The smallest absolute Gasteiger partial charge is 0.219 e. The first-order valence-electron chi connectivity index (χ1n) is 5.07. The predicted molar refractivity (Wildman–Crippen MR) is 71.3 cm³/mol. The normalized spacial score (nSPS) is 10.4. The molecule has 2 aromatic rings. The van der Waals surface area contributed by atoms with E-state index in [-0.39, 0.29) is 6.54 Å². The average Bonchev–Trinajstić information content (AvgIpc) is 2.36. The van der Waals surface area contributed by atoms with Gasteiger partial charge < -0.3 is 10.5 Å². The van der Waals surface area contributed by atoms with E-state index in [1.807, 2.05) is 0 Å². The van der Waals surface area contributed by atoms with Crippen LogP contribution in [-0.4, -0.2) is 4.98 Å². The standard InChI is InChI=1S/C12H9BrClFN2O/c13-9-2-1-8(4-11(9)15)18-12-3-7(5-16)10(14)6-17-12/h1-4,6H,5,16H2. The Labute approximate surface area is 117 Å². The molecule has 1 heterocycles. The molecule has 0 spiro atoms. The summed E-state index contributed by atoms with van der Waals surface area (Å²) in [6, 6.07) is 6.08. The molecular formula is C12H9BrClFN2O.